The zero-order valence-corrected chi connectivity index (χ0v) is 23.5. The molecule has 2 aromatic heterocycles. The smallest absolute Gasteiger partial charge is 0.320 e. The number of hydrogen-bond acceptors (Lipinski definition) is 11. The Labute approximate surface area is 235 Å². The maximum absolute atomic E-state index is 11.1. The van der Waals surface area contributed by atoms with Crippen LogP contribution in [-0.4, -0.2) is 94.9 Å². The van der Waals surface area contributed by atoms with Crippen molar-refractivity contribution in [3.05, 3.63) is 35.4 Å². The molecule has 0 spiro atoms. The number of aromatic nitrogens is 4. The van der Waals surface area contributed by atoms with Crippen LogP contribution in [0.25, 0.3) is 11.2 Å². The Kier molecular flexibility index (Phi) is 10.9. The topological polar surface area (TPSA) is 144 Å². The molecular formula is C28H40N7O5-. The van der Waals surface area contributed by atoms with Crippen LogP contribution in [0, 0.1) is 0 Å². The first-order chi connectivity index (χ1) is 19.5. The molecular weight excluding hydrogens is 514 g/mol. The Balaban J connectivity index is 1.47. The van der Waals surface area contributed by atoms with Gasteiger partial charge in [0.1, 0.15) is 0 Å². The van der Waals surface area contributed by atoms with E-state index in [1.165, 1.54) is 0 Å². The lowest BCUT2D eigenvalue weighted by molar-refractivity contribution is -0.304. The van der Waals surface area contributed by atoms with Crippen LogP contribution in [-0.2, 0) is 29.0 Å². The molecule has 3 aromatic rings. The summed E-state index contributed by atoms with van der Waals surface area (Å²) in [6.07, 6.45) is 2.62. The number of hydrogen-bond donors (Lipinski definition) is 1. The summed E-state index contributed by atoms with van der Waals surface area (Å²) in [6.45, 7) is 9.92. The summed E-state index contributed by atoms with van der Waals surface area (Å²) >= 11 is 0. The molecule has 0 saturated carbocycles. The number of methoxy groups -OCH3 is 1. The Morgan fingerprint density at radius 2 is 1.93 bits per heavy atom. The van der Waals surface area contributed by atoms with E-state index in [9.17, 15) is 9.90 Å². The third-order valence-electron chi connectivity index (χ3n) is 6.92. The fourth-order valence-corrected chi connectivity index (χ4v) is 4.80. The van der Waals surface area contributed by atoms with Gasteiger partial charge in [0.15, 0.2) is 17.0 Å². The zero-order chi connectivity index (χ0) is 28.3. The number of aryl methyl sites for hydroxylation is 1. The molecule has 3 heterocycles. The molecule has 12 heteroatoms. The first-order valence-corrected chi connectivity index (χ1v) is 14.0. The van der Waals surface area contributed by atoms with Crippen LogP contribution in [0.5, 0.6) is 12.0 Å². The van der Waals surface area contributed by atoms with Crippen LogP contribution in [0.4, 0.5) is 5.82 Å². The number of rotatable bonds is 16. The Morgan fingerprint density at radius 3 is 2.67 bits per heavy atom. The van der Waals surface area contributed by atoms with Crippen molar-refractivity contribution in [2.24, 2.45) is 0 Å². The molecule has 218 valence electrons. The molecule has 0 radical (unpaired) electrons. The van der Waals surface area contributed by atoms with Crippen molar-refractivity contribution in [1.82, 2.24) is 29.3 Å². The Bertz CT molecular complexity index is 1250. The van der Waals surface area contributed by atoms with Gasteiger partial charge in [0.25, 0.3) is 6.01 Å². The van der Waals surface area contributed by atoms with Crippen molar-refractivity contribution in [1.29, 1.82) is 0 Å². The number of carbonyl (C=O) groups excluding carboxylic acids is 1. The van der Waals surface area contributed by atoms with Crippen LogP contribution in [0.15, 0.2) is 24.3 Å². The molecule has 40 heavy (non-hydrogen) atoms. The number of carboxylic acids is 1. The van der Waals surface area contributed by atoms with Gasteiger partial charge >= 0.3 is 6.01 Å². The summed E-state index contributed by atoms with van der Waals surface area (Å²) in [6, 6.07) is 8.38. The molecule has 2 N–H and O–H groups in total. The molecule has 4 rings (SSSR count). The lowest BCUT2D eigenvalue weighted by atomic mass is 10.1. The van der Waals surface area contributed by atoms with Gasteiger partial charge in [-0.15, -0.1) is 0 Å². The molecule has 1 aliphatic rings. The number of ether oxygens (including phenoxy) is 3. The highest BCUT2D eigenvalue weighted by atomic mass is 16.5. The van der Waals surface area contributed by atoms with Crippen LogP contribution in [0.3, 0.4) is 0 Å². The van der Waals surface area contributed by atoms with E-state index in [4.69, 9.17) is 19.9 Å². The second-order valence-electron chi connectivity index (χ2n) is 9.97. The lowest BCUT2D eigenvalue weighted by Gasteiger charge is -2.30. The molecule has 1 fully saturated rings. The monoisotopic (exact) mass is 554 g/mol. The van der Waals surface area contributed by atoms with E-state index < -0.39 is 5.97 Å². The van der Waals surface area contributed by atoms with E-state index in [2.05, 4.69) is 31.7 Å². The normalized spacial score (nSPS) is 14.2. The molecule has 0 atom stereocenters. The van der Waals surface area contributed by atoms with Gasteiger partial charge in [-0.2, -0.15) is 15.0 Å². The predicted molar refractivity (Wildman–Crippen MR) is 149 cm³/mol. The number of nitrogens with two attached hydrogens (primary N) is 1. The van der Waals surface area contributed by atoms with Crippen LogP contribution < -0.4 is 20.3 Å². The largest absolute Gasteiger partial charge is 0.550 e. The van der Waals surface area contributed by atoms with Gasteiger partial charge < -0.3 is 29.8 Å². The number of carboxylic acid groups (broad SMARTS) is 1. The van der Waals surface area contributed by atoms with E-state index >= 15 is 0 Å². The number of imidazole rings is 1. The van der Waals surface area contributed by atoms with E-state index in [0.717, 1.165) is 76.3 Å². The molecule has 1 saturated heterocycles. The minimum absolute atomic E-state index is 0.0930. The standard InChI is InChI=1S/C28H41N7O5/c1-3-4-15-40-27-31-25(29)24-26(32-27)35(28(30-24)38-2)10-6-9-34(12-11-33-13-16-39-17-14-33)20-22-8-5-7-21(18-22)19-23(36)37/h5,7-8,18H,3-4,6,9-17,19-20H2,1-2H3,(H,36,37)(H2,29,31,32)/p-1. The molecule has 0 aliphatic carbocycles. The SMILES string of the molecule is CCCCOc1nc(N)c2nc(OC)n(CCCN(CCN3CCOCC3)Cc3cccc(CC(=O)[O-])c3)c2n1. The van der Waals surface area contributed by atoms with E-state index in [1.54, 1.807) is 7.11 Å². The van der Waals surface area contributed by atoms with Crippen molar-refractivity contribution in [3.8, 4) is 12.0 Å². The molecule has 0 amide bonds. The average Bonchev–Trinajstić information content (AvgIpc) is 3.30. The van der Waals surface area contributed by atoms with E-state index in [1.807, 2.05) is 28.8 Å². The molecule has 0 unspecified atom stereocenters. The van der Waals surface area contributed by atoms with Gasteiger partial charge in [-0.25, -0.2) is 0 Å². The average molecular weight is 555 g/mol. The quantitative estimate of drug-likeness (QED) is 0.254. The summed E-state index contributed by atoms with van der Waals surface area (Å²) in [5.74, 6) is -0.816. The number of benzene rings is 1. The number of nitrogens with zero attached hydrogens (tertiary/aromatic N) is 6. The fourth-order valence-electron chi connectivity index (χ4n) is 4.80. The Morgan fingerprint density at radius 1 is 1.12 bits per heavy atom. The maximum Gasteiger partial charge on any atom is 0.320 e. The minimum atomic E-state index is -1.08. The lowest BCUT2D eigenvalue weighted by Crippen LogP contribution is -2.41. The first kappa shape index (κ1) is 29.5. The summed E-state index contributed by atoms with van der Waals surface area (Å²) in [5, 5.41) is 11.1. The summed E-state index contributed by atoms with van der Waals surface area (Å²) in [7, 11) is 1.58. The van der Waals surface area contributed by atoms with Crippen molar-refractivity contribution >= 4 is 23.0 Å². The number of aliphatic carboxylic acids is 1. The maximum atomic E-state index is 11.1. The molecule has 1 aromatic carbocycles. The number of carbonyl (C=O) groups is 1. The van der Waals surface area contributed by atoms with Gasteiger partial charge in [-0.05, 0) is 24.0 Å². The fraction of sp³-hybridized carbons (Fsp3) is 0.571. The number of morpholine rings is 1. The second kappa shape index (κ2) is 14.8. The third kappa shape index (κ3) is 8.26. The highest BCUT2D eigenvalue weighted by Crippen LogP contribution is 2.26. The van der Waals surface area contributed by atoms with Gasteiger partial charge in [0.05, 0.1) is 26.9 Å². The van der Waals surface area contributed by atoms with Crippen LogP contribution >= 0.6 is 0 Å². The summed E-state index contributed by atoms with van der Waals surface area (Å²) in [4.78, 5) is 29.3. The highest BCUT2D eigenvalue weighted by Gasteiger charge is 2.19. The van der Waals surface area contributed by atoms with Crippen molar-refractivity contribution in [2.45, 2.75) is 45.7 Å². The minimum Gasteiger partial charge on any atom is -0.550 e. The number of anilines is 1. The molecule has 12 nitrogen and oxygen atoms in total. The summed E-state index contributed by atoms with van der Waals surface area (Å²) in [5.41, 5.74) is 9.09. The number of unbranched alkanes of at least 4 members (excludes halogenated alkanes) is 1. The van der Waals surface area contributed by atoms with Crippen LogP contribution in [0.2, 0.25) is 0 Å². The van der Waals surface area contributed by atoms with Crippen molar-refractivity contribution in [2.75, 3.05) is 65.4 Å². The zero-order valence-electron chi connectivity index (χ0n) is 23.5. The van der Waals surface area contributed by atoms with Crippen molar-refractivity contribution < 1.29 is 24.1 Å². The van der Waals surface area contributed by atoms with Gasteiger partial charge in [0.2, 0.25) is 0 Å². The van der Waals surface area contributed by atoms with Gasteiger partial charge in [-0.3, -0.25) is 14.4 Å². The van der Waals surface area contributed by atoms with E-state index in [-0.39, 0.29) is 18.2 Å². The summed E-state index contributed by atoms with van der Waals surface area (Å²) < 4.78 is 18.7. The predicted octanol–water partition coefficient (Wildman–Crippen LogP) is 1.11. The molecule has 0 bridgehead atoms. The van der Waals surface area contributed by atoms with Gasteiger partial charge in [0, 0.05) is 58.2 Å². The second-order valence-corrected chi connectivity index (χ2v) is 9.97. The first-order valence-electron chi connectivity index (χ1n) is 14.0. The highest BCUT2D eigenvalue weighted by molar-refractivity contribution is 5.83. The third-order valence-corrected chi connectivity index (χ3v) is 6.92. The number of nitrogen functional groups attached to an aromatic ring is 1. The van der Waals surface area contributed by atoms with Gasteiger partial charge in [-0.1, -0.05) is 37.6 Å². The Hall–Kier alpha value is -3.48. The van der Waals surface area contributed by atoms with Crippen molar-refractivity contribution in [3.63, 3.8) is 0 Å². The van der Waals surface area contributed by atoms with Crippen LogP contribution in [0.1, 0.15) is 37.3 Å². The molecule has 1 aliphatic heterocycles. The van der Waals surface area contributed by atoms with E-state index in [0.29, 0.717) is 36.9 Å². The number of fused-ring (bicyclic) bond motifs is 1.